The van der Waals surface area contributed by atoms with Crippen LogP contribution in [0.15, 0.2) is 30.3 Å². The van der Waals surface area contributed by atoms with E-state index in [-0.39, 0.29) is 25.6 Å². The van der Waals surface area contributed by atoms with E-state index in [1.165, 1.54) is 0 Å². The van der Waals surface area contributed by atoms with Crippen molar-refractivity contribution in [2.24, 2.45) is 5.41 Å². The van der Waals surface area contributed by atoms with Gasteiger partial charge in [0.05, 0.1) is 30.8 Å². The van der Waals surface area contributed by atoms with E-state index < -0.39 is 35.9 Å². The van der Waals surface area contributed by atoms with Crippen molar-refractivity contribution in [2.45, 2.75) is 64.3 Å². The van der Waals surface area contributed by atoms with E-state index in [2.05, 4.69) is 0 Å². The summed E-state index contributed by atoms with van der Waals surface area (Å²) in [5.41, 5.74) is 0.383. The van der Waals surface area contributed by atoms with E-state index in [4.69, 9.17) is 24.1 Å². The minimum atomic E-state index is -0.923. The van der Waals surface area contributed by atoms with Gasteiger partial charge in [-0.2, -0.15) is 0 Å². The Bertz CT molecular complexity index is 599. The first-order valence-corrected chi connectivity index (χ1v) is 9.56. The molecule has 1 heterocycles. The molecule has 158 valence electrons. The van der Waals surface area contributed by atoms with Gasteiger partial charge in [0, 0.05) is 13.5 Å². The molecule has 1 aromatic carbocycles. The topological polar surface area (TPSA) is 94.5 Å². The normalized spacial score (nSPS) is 26.2. The van der Waals surface area contributed by atoms with E-state index >= 15 is 0 Å². The smallest absolute Gasteiger partial charge is 0.311 e. The molecule has 2 N–H and O–H groups in total. The zero-order chi connectivity index (χ0) is 20.7. The van der Waals surface area contributed by atoms with Crippen LogP contribution in [-0.2, 0) is 30.3 Å². The molecule has 0 saturated carbocycles. The van der Waals surface area contributed by atoms with Gasteiger partial charge in [-0.05, 0) is 26.3 Å². The van der Waals surface area contributed by atoms with Crippen molar-refractivity contribution in [3.63, 3.8) is 0 Å². The van der Waals surface area contributed by atoms with Crippen LogP contribution in [0.5, 0.6) is 0 Å². The van der Waals surface area contributed by atoms with Crippen LogP contribution in [0.3, 0.4) is 0 Å². The minimum absolute atomic E-state index is 0.0289. The molecule has 1 saturated heterocycles. The monoisotopic (exact) mass is 396 g/mol. The van der Waals surface area contributed by atoms with E-state index in [9.17, 15) is 9.90 Å². The van der Waals surface area contributed by atoms with Gasteiger partial charge in [0.1, 0.15) is 24.9 Å². The molecular formula is C21H32O7. The molecule has 1 aliphatic heterocycles. The summed E-state index contributed by atoms with van der Waals surface area (Å²) < 4.78 is 23.1. The Morgan fingerprint density at radius 2 is 1.86 bits per heavy atom. The van der Waals surface area contributed by atoms with Gasteiger partial charge in [0.2, 0.25) is 0 Å². The van der Waals surface area contributed by atoms with Gasteiger partial charge in [-0.1, -0.05) is 30.3 Å². The average molecular weight is 396 g/mol. The number of aliphatic hydroxyl groups excluding tert-OH is 2. The van der Waals surface area contributed by atoms with Crippen LogP contribution in [0, 0.1) is 5.41 Å². The number of hydrogen-bond donors (Lipinski definition) is 2. The highest BCUT2D eigenvalue weighted by molar-refractivity contribution is 5.75. The molecule has 0 aromatic heterocycles. The molecule has 5 atom stereocenters. The number of methoxy groups -OCH3 is 1. The zero-order valence-corrected chi connectivity index (χ0v) is 17.0. The van der Waals surface area contributed by atoms with Gasteiger partial charge >= 0.3 is 5.97 Å². The van der Waals surface area contributed by atoms with Gasteiger partial charge in [-0.15, -0.1) is 0 Å². The predicted octanol–water partition coefficient (Wildman–Crippen LogP) is 1.69. The van der Waals surface area contributed by atoms with Crippen molar-refractivity contribution in [1.82, 2.24) is 0 Å². The molecule has 1 aromatic rings. The number of hydrogen-bond acceptors (Lipinski definition) is 7. The predicted molar refractivity (Wildman–Crippen MR) is 103 cm³/mol. The summed E-state index contributed by atoms with van der Waals surface area (Å²) in [4.78, 5) is 12.1. The first-order chi connectivity index (χ1) is 13.3. The minimum Gasteiger partial charge on any atom is -0.462 e. The zero-order valence-electron chi connectivity index (χ0n) is 17.0. The average Bonchev–Trinajstić information content (AvgIpc) is 3.00. The number of carbonyl (C=O) groups is 1. The molecular weight excluding hydrogens is 364 g/mol. The summed E-state index contributed by atoms with van der Waals surface area (Å²) in [5.74, 6) is -0.328. The molecule has 0 bridgehead atoms. The number of ether oxygens (including phenoxy) is 4. The molecule has 0 aliphatic carbocycles. The Morgan fingerprint density at radius 1 is 1.18 bits per heavy atom. The fourth-order valence-electron chi connectivity index (χ4n) is 3.10. The highest BCUT2D eigenvalue weighted by atomic mass is 16.6. The molecule has 7 nitrogen and oxygen atoms in total. The molecule has 0 radical (unpaired) electrons. The second-order valence-electron chi connectivity index (χ2n) is 8.10. The summed E-state index contributed by atoms with van der Waals surface area (Å²) in [6, 6.07) is 9.71. The fraction of sp³-hybridized carbons (Fsp3) is 0.667. The third-order valence-corrected chi connectivity index (χ3v) is 4.67. The molecule has 28 heavy (non-hydrogen) atoms. The fourth-order valence-corrected chi connectivity index (χ4v) is 3.10. The van der Waals surface area contributed by atoms with Crippen LogP contribution in [-0.4, -0.2) is 67.0 Å². The van der Waals surface area contributed by atoms with Crippen LogP contribution in [0.2, 0.25) is 0 Å². The molecule has 2 rings (SSSR count). The van der Waals surface area contributed by atoms with Crippen molar-refractivity contribution in [1.29, 1.82) is 0 Å². The Balaban J connectivity index is 2.09. The van der Waals surface area contributed by atoms with E-state index in [0.29, 0.717) is 6.61 Å². The molecule has 1 fully saturated rings. The molecule has 5 unspecified atom stereocenters. The number of rotatable bonds is 9. The second kappa shape index (κ2) is 10.3. The summed E-state index contributed by atoms with van der Waals surface area (Å²) in [6.07, 6.45) is -2.67. The summed E-state index contributed by atoms with van der Waals surface area (Å²) in [5, 5.41) is 19.0. The summed E-state index contributed by atoms with van der Waals surface area (Å²) in [7, 11) is 1.55. The Hall–Kier alpha value is -1.51. The van der Waals surface area contributed by atoms with Crippen LogP contribution in [0.4, 0.5) is 0 Å². The van der Waals surface area contributed by atoms with Gasteiger partial charge in [0.25, 0.3) is 0 Å². The maximum atomic E-state index is 12.1. The van der Waals surface area contributed by atoms with Crippen LogP contribution in [0.1, 0.15) is 32.8 Å². The van der Waals surface area contributed by atoms with E-state index in [0.717, 1.165) is 5.56 Å². The van der Waals surface area contributed by atoms with Crippen LogP contribution in [0.25, 0.3) is 0 Å². The van der Waals surface area contributed by atoms with Gasteiger partial charge in [0.15, 0.2) is 0 Å². The van der Waals surface area contributed by atoms with Gasteiger partial charge in [-0.3, -0.25) is 4.79 Å². The molecule has 1 aliphatic rings. The summed E-state index contributed by atoms with van der Waals surface area (Å²) in [6.45, 7) is 5.37. The van der Waals surface area contributed by atoms with Crippen LogP contribution >= 0.6 is 0 Å². The Kier molecular flexibility index (Phi) is 8.39. The lowest BCUT2D eigenvalue weighted by Crippen LogP contribution is -2.40. The van der Waals surface area contributed by atoms with E-state index in [1.54, 1.807) is 27.9 Å². The number of benzene rings is 1. The first-order valence-electron chi connectivity index (χ1n) is 9.56. The largest absolute Gasteiger partial charge is 0.462 e. The van der Waals surface area contributed by atoms with Gasteiger partial charge in [-0.25, -0.2) is 0 Å². The number of esters is 1. The highest BCUT2D eigenvalue weighted by Gasteiger charge is 2.47. The maximum absolute atomic E-state index is 12.1. The third-order valence-electron chi connectivity index (χ3n) is 4.67. The second-order valence-corrected chi connectivity index (χ2v) is 8.10. The van der Waals surface area contributed by atoms with Crippen molar-refractivity contribution < 1.29 is 34.0 Å². The standard InChI is InChI=1S/C21H32O7/c1-21(2,3)20(24)27-13-17-19(26-12-14-8-6-5-7-9-14)18(25-4)16(28-17)10-15(23)11-22/h5-9,15-19,22-23H,10-13H2,1-4H3. The van der Waals surface area contributed by atoms with Crippen molar-refractivity contribution in [3.05, 3.63) is 35.9 Å². The number of carbonyl (C=O) groups excluding carboxylic acids is 1. The van der Waals surface area contributed by atoms with Crippen molar-refractivity contribution in [3.8, 4) is 0 Å². The lowest BCUT2D eigenvalue weighted by atomic mass is 9.97. The molecule has 0 spiro atoms. The number of aliphatic hydroxyl groups is 2. The maximum Gasteiger partial charge on any atom is 0.311 e. The Morgan fingerprint density at radius 3 is 2.43 bits per heavy atom. The van der Waals surface area contributed by atoms with Crippen LogP contribution < -0.4 is 0 Å². The lowest BCUT2D eigenvalue weighted by Gasteiger charge is -2.24. The Labute approximate surface area is 166 Å². The summed E-state index contributed by atoms with van der Waals surface area (Å²) >= 11 is 0. The van der Waals surface area contributed by atoms with Crippen molar-refractivity contribution >= 4 is 5.97 Å². The third kappa shape index (κ3) is 6.25. The molecule has 7 heteroatoms. The van der Waals surface area contributed by atoms with Crippen molar-refractivity contribution in [2.75, 3.05) is 20.3 Å². The molecule has 0 amide bonds. The lowest BCUT2D eigenvalue weighted by molar-refractivity contribution is -0.159. The first kappa shape index (κ1) is 22.8. The quantitative estimate of drug-likeness (QED) is 0.614. The SMILES string of the molecule is COC1C(CC(O)CO)OC(COC(=O)C(C)(C)C)C1OCc1ccccc1. The highest BCUT2D eigenvalue weighted by Crippen LogP contribution is 2.30. The van der Waals surface area contributed by atoms with E-state index in [1.807, 2.05) is 30.3 Å². The van der Waals surface area contributed by atoms with Gasteiger partial charge < -0.3 is 29.2 Å².